The molecule has 1 unspecified atom stereocenters. The Balaban J connectivity index is 1.46. The first-order chi connectivity index (χ1) is 16.2. The summed E-state index contributed by atoms with van der Waals surface area (Å²) in [6.07, 6.45) is 20.9. The molecular formula is C33H50. The van der Waals surface area contributed by atoms with Crippen molar-refractivity contribution in [3.63, 3.8) is 0 Å². The second-order valence-corrected chi connectivity index (χ2v) is 10.9. The summed E-state index contributed by atoms with van der Waals surface area (Å²) in [5.41, 5.74) is 5.79. The first-order valence-corrected chi connectivity index (χ1v) is 14.4. The summed E-state index contributed by atoms with van der Waals surface area (Å²) in [6, 6.07) is 18.9. The largest absolute Gasteiger partial charge is 0.0654 e. The molecule has 0 heterocycles. The average molecular weight is 447 g/mol. The minimum absolute atomic E-state index is 0.784. The average Bonchev–Trinajstić information content (AvgIpc) is 2.87. The van der Waals surface area contributed by atoms with Gasteiger partial charge in [0.2, 0.25) is 0 Å². The highest BCUT2D eigenvalue weighted by atomic mass is 14.3. The molecule has 0 aliphatic heterocycles. The Morgan fingerprint density at radius 2 is 1.27 bits per heavy atom. The van der Waals surface area contributed by atoms with E-state index >= 15 is 0 Å². The molecular weight excluding hydrogens is 396 g/mol. The number of unbranched alkanes of at least 4 members (excludes halogenated alkanes) is 5. The molecule has 0 nitrogen and oxygen atoms in total. The molecule has 0 bridgehead atoms. The molecule has 2 aromatic carbocycles. The van der Waals surface area contributed by atoms with E-state index in [1.54, 1.807) is 5.56 Å². The first-order valence-electron chi connectivity index (χ1n) is 14.4. The van der Waals surface area contributed by atoms with Gasteiger partial charge in [-0.1, -0.05) is 134 Å². The third kappa shape index (κ3) is 8.62. The summed E-state index contributed by atoms with van der Waals surface area (Å²) in [7, 11) is 0. The van der Waals surface area contributed by atoms with Crippen LogP contribution in [0.1, 0.15) is 128 Å². The van der Waals surface area contributed by atoms with E-state index in [1.165, 1.54) is 113 Å². The summed E-state index contributed by atoms with van der Waals surface area (Å²) in [5, 5.41) is 0. The lowest BCUT2D eigenvalue weighted by molar-refractivity contribution is 0.302. The van der Waals surface area contributed by atoms with Crippen molar-refractivity contribution in [1.82, 2.24) is 0 Å². The molecule has 1 aliphatic rings. The second kappa shape index (κ2) is 14.6. The van der Waals surface area contributed by atoms with E-state index in [-0.39, 0.29) is 0 Å². The zero-order valence-corrected chi connectivity index (χ0v) is 22.0. The van der Waals surface area contributed by atoms with Crippen molar-refractivity contribution >= 4 is 0 Å². The van der Waals surface area contributed by atoms with Crippen LogP contribution in [-0.4, -0.2) is 0 Å². The zero-order chi connectivity index (χ0) is 23.3. The van der Waals surface area contributed by atoms with Crippen LogP contribution in [0, 0.1) is 11.8 Å². The van der Waals surface area contributed by atoms with Crippen LogP contribution in [0.3, 0.4) is 0 Å². The normalized spacial score (nSPS) is 19.5. The standard InChI is InChI=1S/C33H50/c1-4-7-9-10-11-13-28-14-18-30(19-15-28)32-22-24-33(25-23-32)31-20-16-29(17-21-31)26-27(6-3)12-8-5-2/h16-17,20-25,27-28,30H,4-15,18-19,26H2,1-3H3. The summed E-state index contributed by atoms with van der Waals surface area (Å²) in [6.45, 7) is 6.95. The lowest BCUT2D eigenvalue weighted by atomic mass is 9.77. The van der Waals surface area contributed by atoms with Crippen molar-refractivity contribution < 1.29 is 0 Å². The Kier molecular flexibility index (Phi) is 11.6. The fraction of sp³-hybridized carbons (Fsp3) is 0.636. The fourth-order valence-corrected chi connectivity index (χ4v) is 5.88. The third-order valence-corrected chi connectivity index (χ3v) is 8.30. The quantitative estimate of drug-likeness (QED) is 0.253. The zero-order valence-electron chi connectivity index (χ0n) is 22.0. The number of benzene rings is 2. The van der Waals surface area contributed by atoms with Gasteiger partial charge >= 0.3 is 0 Å². The summed E-state index contributed by atoms with van der Waals surface area (Å²) in [5.74, 6) is 2.62. The maximum atomic E-state index is 2.41. The molecule has 1 fully saturated rings. The minimum atomic E-state index is 0.784. The second-order valence-electron chi connectivity index (χ2n) is 10.9. The predicted octanol–water partition coefficient (Wildman–Crippen LogP) is 10.7. The van der Waals surface area contributed by atoms with Crippen LogP contribution >= 0.6 is 0 Å². The number of rotatable bonds is 14. The van der Waals surface area contributed by atoms with E-state index in [9.17, 15) is 0 Å². The molecule has 0 spiro atoms. The van der Waals surface area contributed by atoms with Gasteiger partial charge in [-0.3, -0.25) is 0 Å². The van der Waals surface area contributed by atoms with E-state index in [4.69, 9.17) is 0 Å². The van der Waals surface area contributed by atoms with E-state index in [0.717, 1.165) is 17.8 Å². The highest BCUT2D eigenvalue weighted by Gasteiger charge is 2.22. The lowest BCUT2D eigenvalue weighted by Gasteiger charge is -2.29. The van der Waals surface area contributed by atoms with Gasteiger partial charge in [-0.2, -0.15) is 0 Å². The van der Waals surface area contributed by atoms with Crippen molar-refractivity contribution in [2.75, 3.05) is 0 Å². The molecule has 1 atom stereocenters. The Labute approximate surface area is 205 Å². The van der Waals surface area contributed by atoms with Gasteiger partial charge in [0.15, 0.2) is 0 Å². The molecule has 0 aromatic heterocycles. The van der Waals surface area contributed by atoms with E-state index in [2.05, 4.69) is 69.3 Å². The molecule has 33 heavy (non-hydrogen) atoms. The monoisotopic (exact) mass is 446 g/mol. The fourth-order valence-electron chi connectivity index (χ4n) is 5.88. The van der Waals surface area contributed by atoms with Crippen LogP contribution in [0.5, 0.6) is 0 Å². The Hall–Kier alpha value is -1.56. The molecule has 0 radical (unpaired) electrons. The molecule has 0 saturated heterocycles. The smallest absolute Gasteiger partial charge is 0.0162 e. The first kappa shape index (κ1) is 26.1. The Morgan fingerprint density at radius 1 is 0.667 bits per heavy atom. The van der Waals surface area contributed by atoms with Gasteiger partial charge < -0.3 is 0 Å². The molecule has 182 valence electrons. The predicted molar refractivity (Wildman–Crippen MR) is 147 cm³/mol. The van der Waals surface area contributed by atoms with Gasteiger partial charge in [0.1, 0.15) is 0 Å². The Morgan fingerprint density at radius 3 is 1.88 bits per heavy atom. The minimum Gasteiger partial charge on any atom is -0.0654 e. The van der Waals surface area contributed by atoms with Crippen molar-refractivity contribution in [3.05, 3.63) is 59.7 Å². The highest BCUT2D eigenvalue weighted by molar-refractivity contribution is 5.64. The maximum Gasteiger partial charge on any atom is -0.0162 e. The lowest BCUT2D eigenvalue weighted by Crippen LogP contribution is -2.13. The summed E-state index contributed by atoms with van der Waals surface area (Å²) in [4.78, 5) is 0. The van der Waals surface area contributed by atoms with Crippen molar-refractivity contribution in [1.29, 1.82) is 0 Å². The van der Waals surface area contributed by atoms with Crippen LogP contribution in [0.25, 0.3) is 11.1 Å². The van der Waals surface area contributed by atoms with Gasteiger partial charge in [-0.15, -0.1) is 0 Å². The number of hydrogen-bond acceptors (Lipinski definition) is 0. The van der Waals surface area contributed by atoms with Crippen molar-refractivity contribution in [3.8, 4) is 11.1 Å². The van der Waals surface area contributed by atoms with Crippen molar-refractivity contribution in [2.24, 2.45) is 11.8 Å². The van der Waals surface area contributed by atoms with Crippen LogP contribution in [0.15, 0.2) is 48.5 Å². The SMILES string of the molecule is CCCCCCCC1CCC(c2ccc(-c3ccc(CC(CC)CCCC)cc3)cc2)CC1. The van der Waals surface area contributed by atoms with E-state index in [1.807, 2.05) is 0 Å². The van der Waals surface area contributed by atoms with E-state index < -0.39 is 0 Å². The molecule has 3 rings (SSSR count). The molecule has 1 saturated carbocycles. The van der Waals surface area contributed by atoms with Crippen LogP contribution in [0.2, 0.25) is 0 Å². The molecule has 0 N–H and O–H groups in total. The van der Waals surface area contributed by atoms with E-state index in [0.29, 0.717) is 0 Å². The third-order valence-electron chi connectivity index (χ3n) is 8.30. The summed E-state index contributed by atoms with van der Waals surface area (Å²) >= 11 is 0. The molecule has 2 aromatic rings. The van der Waals surface area contributed by atoms with Gasteiger partial charge in [0.25, 0.3) is 0 Å². The van der Waals surface area contributed by atoms with Crippen LogP contribution in [0.4, 0.5) is 0 Å². The van der Waals surface area contributed by atoms with Crippen LogP contribution < -0.4 is 0 Å². The van der Waals surface area contributed by atoms with Gasteiger partial charge in [-0.25, -0.2) is 0 Å². The molecule has 0 amide bonds. The summed E-state index contributed by atoms with van der Waals surface area (Å²) < 4.78 is 0. The van der Waals surface area contributed by atoms with Gasteiger partial charge in [-0.05, 0) is 72.1 Å². The highest BCUT2D eigenvalue weighted by Crippen LogP contribution is 2.38. The topological polar surface area (TPSA) is 0 Å². The Bertz CT molecular complexity index is 746. The molecule has 0 heteroatoms. The van der Waals surface area contributed by atoms with Crippen molar-refractivity contribution in [2.45, 2.75) is 123 Å². The van der Waals surface area contributed by atoms with Gasteiger partial charge in [0, 0.05) is 0 Å². The molecule has 1 aliphatic carbocycles. The van der Waals surface area contributed by atoms with Gasteiger partial charge in [0.05, 0.1) is 0 Å². The number of hydrogen-bond donors (Lipinski definition) is 0. The maximum absolute atomic E-state index is 2.41. The van der Waals surface area contributed by atoms with Crippen LogP contribution in [-0.2, 0) is 6.42 Å².